The lowest BCUT2D eigenvalue weighted by Crippen LogP contribution is -2.35. The maximum atomic E-state index is 14.1. The first kappa shape index (κ1) is 15.2. The first-order valence-electron chi connectivity index (χ1n) is 6.49. The lowest BCUT2D eigenvalue weighted by atomic mass is 10.1. The summed E-state index contributed by atoms with van der Waals surface area (Å²) in [7, 11) is 1.85. The largest absolute Gasteiger partial charge is 0.308 e. The van der Waals surface area contributed by atoms with Crippen LogP contribution in [0.2, 0.25) is 0 Å². The highest BCUT2D eigenvalue weighted by Gasteiger charge is 2.16. The minimum atomic E-state index is -0.268. The Balaban J connectivity index is 2.36. The fourth-order valence-corrected chi connectivity index (χ4v) is 2.27. The molecule has 2 aromatic rings. The molecule has 0 saturated carbocycles. The second-order valence-corrected chi connectivity index (χ2v) is 6.82. The smallest absolute Gasteiger partial charge is 0.133 e. The maximum absolute atomic E-state index is 14.1. The molecule has 1 aromatic carbocycles. The second-order valence-electron chi connectivity index (χ2n) is 5.90. The number of aromatic nitrogens is 2. The van der Waals surface area contributed by atoms with Gasteiger partial charge in [0.05, 0.1) is 5.69 Å². The van der Waals surface area contributed by atoms with Gasteiger partial charge in [-0.1, -0.05) is 15.9 Å². The summed E-state index contributed by atoms with van der Waals surface area (Å²) in [6.07, 6.45) is 1.93. The lowest BCUT2D eigenvalue weighted by Gasteiger charge is -2.20. The van der Waals surface area contributed by atoms with Crippen molar-refractivity contribution in [2.75, 3.05) is 0 Å². The van der Waals surface area contributed by atoms with Crippen molar-refractivity contribution in [2.45, 2.75) is 32.9 Å². The average Bonchev–Trinajstić information content (AvgIpc) is 2.67. The summed E-state index contributed by atoms with van der Waals surface area (Å²) in [5.41, 5.74) is 2.21. The number of rotatable bonds is 3. The minimum Gasteiger partial charge on any atom is -0.308 e. The SMILES string of the molecule is Cn1cc(CNC(C)(C)C)c(-c2ccc(Br)cc2F)n1. The van der Waals surface area contributed by atoms with E-state index < -0.39 is 0 Å². The van der Waals surface area contributed by atoms with E-state index in [0.717, 1.165) is 10.0 Å². The van der Waals surface area contributed by atoms with Gasteiger partial charge < -0.3 is 5.32 Å². The topological polar surface area (TPSA) is 29.9 Å². The minimum absolute atomic E-state index is 0.00533. The van der Waals surface area contributed by atoms with Gasteiger partial charge in [-0.25, -0.2) is 4.39 Å². The van der Waals surface area contributed by atoms with Gasteiger partial charge in [-0.2, -0.15) is 5.10 Å². The van der Waals surface area contributed by atoms with Crippen LogP contribution in [-0.2, 0) is 13.6 Å². The van der Waals surface area contributed by atoms with Gasteiger partial charge in [0.1, 0.15) is 5.82 Å². The molecule has 0 atom stereocenters. The van der Waals surface area contributed by atoms with Crippen molar-refractivity contribution in [1.29, 1.82) is 0 Å². The molecule has 5 heteroatoms. The molecule has 108 valence electrons. The zero-order valence-electron chi connectivity index (χ0n) is 12.2. The van der Waals surface area contributed by atoms with Crippen molar-refractivity contribution in [3.63, 3.8) is 0 Å². The second kappa shape index (κ2) is 5.66. The molecule has 2 rings (SSSR count). The standard InChI is InChI=1S/C15H19BrFN3/c1-15(2,3)18-8-10-9-20(4)19-14(10)12-6-5-11(16)7-13(12)17/h5-7,9,18H,8H2,1-4H3. The Labute approximate surface area is 127 Å². The van der Waals surface area contributed by atoms with E-state index in [4.69, 9.17) is 0 Å². The molecule has 1 N–H and O–H groups in total. The van der Waals surface area contributed by atoms with E-state index in [9.17, 15) is 4.39 Å². The third kappa shape index (κ3) is 3.67. The third-order valence-electron chi connectivity index (χ3n) is 2.90. The summed E-state index contributed by atoms with van der Waals surface area (Å²) in [5, 5.41) is 7.80. The van der Waals surface area contributed by atoms with E-state index >= 15 is 0 Å². The molecule has 0 bridgehead atoms. The van der Waals surface area contributed by atoms with E-state index in [1.807, 2.05) is 19.3 Å². The van der Waals surface area contributed by atoms with E-state index in [0.29, 0.717) is 17.8 Å². The molecule has 1 aromatic heterocycles. The maximum Gasteiger partial charge on any atom is 0.133 e. The molecule has 0 unspecified atom stereocenters. The molecule has 20 heavy (non-hydrogen) atoms. The molecule has 0 saturated heterocycles. The summed E-state index contributed by atoms with van der Waals surface area (Å²) in [6, 6.07) is 5.04. The molecule has 0 spiro atoms. The highest BCUT2D eigenvalue weighted by Crippen LogP contribution is 2.27. The van der Waals surface area contributed by atoms with Gasteiger partial charge in [-0.3, -0.25) is 4.68 Å². The van der Waals surface area contributed by atoms with Crippen LogP contribution in [0.25, 0.3) is 11.3 Å². The summed E-state index contributed by atoms with van der Waals surface area (Å²) in [6.45, 7) is 6.96. The van der Waals surface area contributed by atoms with Gasteiger partial charge in [0.2, 0.25) is 0 Å². The predicted octanol–water partition coefficient (Wildman–Crippen LogP) is 3.88. The Morgan fingerprint density at radius 2 is 2.05 bits per heavy atom. The number of nitrogens with zero attached hydrogens (tertiary/aromatic N) is 2. The highest BCUT2D eigenvalue weighted by atomic mass is 79.9. The molecule has 1 heterocycles. The Morgan fingerprint density at radius 1 is 1.35 bits per heavy atom. The molecule has 0 radical (unpaired) electrons. The first-order valence-corrected chi connectivity index (χ1v) is 7.28. The van der Waals surface area contributed by atoms with Gasteiger partial charge in [-0.15, -0.1) is 0 Å². The Kier molecular flexibility index (Phi) is 4.30. The van der Waals surface area contributed by atoms with Crippen LogP contribution < -0.4 is 5.32 Å². The van der Waals surface area contributed by atoms with Crippen molar-refractivity contribution in [2.24, 2.45) is 7.05 Å². The normalized spacial score (nSPS) is 11.9. The Morgan fingerprint density at radius 3 is 2.65 bits per heavy atom. The number of aryl methyl sites for hydroxylation is 1. The number of halogens is 2. The molecule has 0 aliphatic rings. The van der Waals surface area contributed by atoms with Crippen LogP contribution in [0.3, 0.4) is 0 Å². The number of hydrogen-bond donors (Lipinski definition) is 1. The van der Waals surface area contributed by atoms with Gasteiger partial charge in [0.15, 0.2) is 0 Å². The summed E-state index contributed by atoms with van der Waals surface area (Å²) in [4.78, 5) is 0. The zero-order chi connectivity index (χ0) is 14.9. The van der Waals surface area contributed by atoms with Crippen LogP contribution in [0.4, 0.5) is 4.39 Å². The first-order chi connectivity index (χ1) is 9.26. The van der Waals surface area contributed by atoms with Gasteiger partial charge in [0.25, 0.3) is 0 Å². The van der Waals surface area contributed by atoms with Gasteiger partial charge in [-0.05, 0) is 39.0 Å². The number of hydrogen-bond acceptors (Lipinski definition) is 2. The van der Waals surface area contributed by atoms with Crippen molar-refractivity contribution >= 4 is 15.9 Å². The Bertz CT molecular complexity index is 614. The van der Waals surface area contributed by atoms with Crippen molar-refractivity contribution in [3.8, 4) is 11.3 Å². The fraction of sp³-hybridized carbons (Fsp3) is 0.400. The quantitative estimate of drug-likeness (QED) is 0.919. The van der Waals surface area contributed by atoms with Crippen LogP contribution in [0.1, 0.15) is 26.3 Å². The van der Waals surface area contributed by atoms with Crippen LogP contribution >= 0.6 is 15.9 Å². The van der Waals surface area contributed by atoms with Gasteiger partial charge >= 0.3 is 0 Å². The Hall–Kier alpha value is -1.20. The average molecular weight is 340 g/mol. The summed E-state index contributed by atoms with van der Waals surface area (Å²) >= 11 is 3.27. The molecular weight excluding hydrogens is 321 g/mol. The van der Waals surface area contributed by atoms with Crippen LogP contribution in [-0.4, -0.2) is 15.3 Å². The summed E-state index contributed by atoms with van der Waals surface area (Å²) in [5.74, 6) is -0.268. The number of nitrogens with one attached hydrogen (secondary N) is 1. The van der Waals surface area contributed by atoms with Crippen molar-refractivity contribution in [1.82, 2.24) is 15.1 Å². The van der Waals surface area contributed by atoms with E-state index in [2.05, 4.69) is 47.1 Å². The predicted molar refractivity (Wildman–Crippen MR) is 82.9 cm³/mol. The molecular formula is C15H19BrFN3. The van der Waals surface area contributed by atoms with Crippen molar-refractivity contribution in [3.05, 3.63) is 40.2 Å². The summed E-state index contributed by atoms with van der Waals surface area (Å²) < 4.78 is 16.5. The lowest BCUT2D eigenvalue weighted by molar-refractivity contribution is 0.424. The third-order valence-corrected chi connectivity index (χ3v) is 3.39. The molecule has 0 aliphatic carbocycles. The molecule has 0 amide bonds. The zero-order valence-corrected chi connectivity index (χ0v) is 13.8. The highest BCUT2D eigenvalue weighted by molar-refractivity contribution is 9.10. The molecule has 0 fully saturated rings. The van der Waals surface area contributed by atoms with E-state index in [1.54, 1.807) is 10.7 Å². The van der Waals surface area contributed by atoms with E-state index in [-0.39, 0.29) is 11.4 Å². The monoisotopic (exact) mass is 339 g/mol. The number of benzene rings is 1. The van der Waals surface area contributed by atoms with Crippen molar-refractivity contribution < 1.29 is 4.39 Å². The van der Waals surface area contributed by atoms with Crippen LogP contribution in [0.5, 0.6) is 0 Å². The van der Waals surface area contributed by atoms with Crippen LogP contribution in [0, 0.1) is 5.82 Å². The van der Waals surface area contributed by atoms with E-state index in [1.165, 1.54) is 6.07 Å². The molecule has 3 nitrogen and oxygen atoms in total. The fourth-order valence-electron chi connectivity index (χ4n) is 1.94. The van der Waals surface area contributed by atoms with Gasteiger partial charge in [0, 0.05) is 40.9 Å². The van der Waals surface area contributed by atoms with Crippen LogP contribution in [0.15, 0.2) is 28.9 Å². The molecule has 0 aliphatic heterocycles.